The van der Waals surface area contributed by atoms with Gasteiger partial charge in [0.15, 0.2) is 0 Å². The van der Waals surface area contributed by atoms with E-state index >= 15 is 0 Å². The topological polar surface area (TPSA) is 41.5 Å². The standard InChI is InChI=1S/C16H30N2O/c1-3-4-5-6-7-8-13-16(19)18-17-15-12-10-9-11-14(15)2/h14H,3-13H2,1-2H3,(H,18,19)/b17-15+. The van der Waals surface area contributed by atoms with Crippen LogP contribution >= 0.6 is 0 Å². The molecule has 1 atom stereocenters. The minimum absolute atomic E-state index is 0.0840. The lowest BCUT2D eigenvalue weighted by molar-refractivity contribution is -0.121. The van der Waals surface area contributed by atoms with Crippen molar-refractivity contribution < 1.29 is 4.79 Å². The van der Waals surface area contributed by atoms with E-state index in [1.54, 1.807) is 0 Å². The van der Waals surface area contributed by atoms with Gasteiger partial charge in [-0.15, -0.1) is 0 Å². The highest BCUT2D eigenvalue weighted by molar-refractivity contribution is 5.88. The van der Waals surface area contributed by atoms with Gasteiger partial charge in [0.1, 0.15) is 0 Å². The van der Waals surface area contributed by atoms with Crippen LogP contribution in [0.25, 0.3) is 0 Å². The first-order chi connectivity index (χ1) is 9.24. The summed E-state index contributed by atoms with van der Waals surface area (Å²) in [6.07, 6.45) is 12.7. The third kappa shape index (κ3) is 7.34. The van der Waals surface area contributed by atoms with Crippen molar-refractivity contribution in [2.24, 2.45) is 11.0 Å². The summed E-state index contributed by atoms with van der Waals surface area (Å²) in [5, 5.41) is 4.31. The van der Waals surface area contributed by atoms with Crippen molar-refractivity contribution in [3.05, 3.63) is 0 Å². The number of carbonyl (C=O) groups excluding carboxylic acids is 1. The quantitative estimate of drug-likeness (QED) is 0.513. The van der Waals surface area contributed by atoms with Crippen molar-refractivity contribution in [3.8, 4) is 0 Å². The molecule has 1 aliphatic rings. The minimum Gasteiger partial charge on any atom is -0.273 e. The molecule has 0 bridgehead atoms. The fraction of sp³-hybridized carbons (Fsp3) is 0.875. The monoisotopic (exact) mass is 266 g/mol. The fourth-order valence-electron chi connectivity index (χ4n) is 2.59. The molecule has 1 N–H and O–H groups in total. The number of carbonyl (C=O) groups is 1. The molecule has 0 radical (unpaired) electrons. The Balaban J connectivity index is 2.08. The van der Waals surface area contributed by atoms with Crippen LogP contribution in [0, 0.1) is 5.92 Å². The predicted octanol–water partition coefficient (Wildman–Crippen LogP) is 4.42. The van der Waals surface area contributed by atoms with Crippen LogP contribution in [0.1, 0.15) is 84.5 Å². The number of hydrogen-bond acceptors (Lipinski definition) is 2. The molecule has 1 amide bonds. The van der Waals surface area contributed by atoms with E-state index < -0.39 is 0 Å². The number of hydrazone groups is 1. The first-order valence-electron chi connectivity index (χ1n) is 8.09. The van der Waals surface area contributed by atoms with Gasteiger partial charge in [0.2, 0.25) is 5.91 Å². The van der Waals surface area contributed by atoms with E-state index in [2.05, 4.69) is 24.4 Å². The van der Waals surface area contributed by atoms with Gasteiger partial charge in [0.25, 0.3) is 0 Å². The van der Waals surface area contributed by atoms with Crippen LogP contribution in [-0.2, 0) is 4.79 Å². The number of rotatable bonds is 8. The Morgan fingerprint density at radius 2 is 1.95 bits per heavy atom. The van der Waals surface area contributed by atoms with Gasteiger partial charge >= 0.3 is 0 Å². The molecule has 1 fully saturated rings. The van der Waals surface area contributed by atoms with Gasteiger partial charge in [-0.3, -0.25) is 4.79 Å². The molecule has 110 valence electrons. The van der Waals surface area contributed by atoms with Gasteiger partial charge < -0.3 is 0 Å². The van der Waals surface area contributed by atoms with Crippen LogP contribution < -0.4 is 5.43 Å². The second kappa shape index (κ2) is 9.99. The largest absolute Gasteiger partial charge is 0.273 e. The minimum atomic E-state index is 0.0840. The van der Waals surface area contributed by atoms with Crippen LogP contribution in [-0.4, -0.2) is 11.6 Å². The molecular formula is C16H30N2O. The third-order valence-electron chi connectivity index (χ3n) is 3.97. The SMILES string of the molecule is CCCCCCCCC(=O)N/N=C1\CCCCC1C. The zero-order chi connectivity index (χ0) is 13.9. The summed E-state index contributed by atoms with van der Waals surface area (Å²) in [4.78, 5) is 11.7. The van der Waals surface area contributed by atoms with Gasteiger partial charge in [0, 0.05) is 12.1 Å². The Morgan fingerprint density at radius 3 is 2.68 bits per heavy atom. The summed E-state index contributed by atoms with van der Waals surface area (Å²) in [6.45, 7) is 4.43. The fourth-order valence-corrected chi connectivity index (χ4v) is 2.59. The van der Waals surface area contributed by atoms with E-state index in [9.17, 15) is 4.79 Å². The van der Waals surface area contributed by atoms with Gasteiger partial charge in [-0.05, 0) is 31.6 Å². The predicted molar refractivity (Wildman–Crippen MR) is 81.2 cm³/mol. The summed E-state index contributed by atoms with van der Waals surface area (Å²) in [7, 11) is 0. The number of nitrogens with one attached hydrogen (secondary N) is 1. The highest BCUT2D eigenvalue weighted by atomic mass is 16.2. The van der Waals surface area contributed by atoms with Gasteiger partial charge in [-0.25, -0.2) is 5.43 Å². The third-order valence-corrected chi connectivity index (χ3v) is 3.97. The number of hydrogen-bond donors (Lipinski definition) is 1. The van der Waals surface area contributed by atoms with Crippen LogP contribution in [0.2, 0.25) is 0 Å². The molecule has 1 unspecified atom stereocenters. The van der Waals surface area contributed by atoms with Gasteiger partial charge in [0.05, 0.1) is 0 Å². The normalized spacial score (nSPS) is 21.6. The molecule has 1 aliphatic carbocycles. The van der Waals surface area contributed by atoms with Crippen LogP contribution in [0.15, 0.2) is 5.10 Å². The van der Waals surface area contributed by atoms with Gasteiger partial charge in [-0.1, -0.05) is 52.4 Å². The average Bonchev–Trinajstić information content (AvgIpc) is 2.42. The first kappa shape index (κ1) is 16.2. The molecule has 0 saturated heterocycles. The van der Waals surface area contributed by atoms with Crippen molar-refractivity contribution in [1.29, 1.82) is 0 Å². The van der Waals surface area contributed by atoms with E-state index in [1.165, 1.54) is 57.1 Å². The van der Waals surface area contributed by atoms with E-state index in [4.69, 9.17) is 0 Å². The molecule has 0 heterocycles. The first-order valence-corrected chi connectivity index (χ1v) is 8.09. The summed E-state index contributed by atoms with van der Waals surface area (Å²) in [5.41, 5.74) is 3.92. The van der Waals surface area contributed by atoms with Crippen LogP contribution in [0.4, 0.5) is 0 Å². The highest BCUT2D eigenvalue weighted by Crippen LogP contribution is 2.20. The van der Waals surface area contributed by atoms with Crippen molar-refractivity contribution in [2.75, 3.05) is 0 Å². The molecule has 3 heteroatoms. The second-order valence-corrected chi connectivity index (χ2v) is 5.80. The molecule has 19 heavy (non-hydrogen) atoms. The Labute approximate surface area is 118 Å². The lowest BCUT2D eigenvalue weighted by Crippen LogP contribution is -2.24. The van der Waals surface area contributed by atoms with Gasteiger partial charge in [-0.2, -0.15) is 5.10 Å². The van der Waals surface area contributed by atoms with Crippen LogP contribution in [0.3, 0.4) is 0 Å². The molecular weight excluding hydrogens is 236 g/mol. The maximum atomic E-state index is 11.7. The van der Waals surface area contributed by atoms with E-state index in [0.29, 0.717) is 12.3 Å². The van der Waals surface area contributed by atoms with E-state index in [-0.39, 0.29) is 5.91 Å². The van der Waals surface area contributed by atoms with E-state index in [1.807, 2.05) is 0 Å². The molecule has 0 aliphatic heterocycles. The molecule has 3 nitrogen and oxygen atoms in total. The van der Waals surface area contributed by atoms with Crippen molar-refractivity contribution in [2.45, 2.75) is 84.5 Å². The average molecular weight is 266 g/mol. The molecule has 1 rings (SSSR count). The highest BCUT2D eigenvalue weighted by Gasteiger charge is 2.15. The number of unbranched alkanes of at least 4 members (excludes halogenated alkanes) is 5. The number of amides is 1. The van der Waals surface area contributed by atoms with Crippen molar-refractivity contribution in [3.63, 3.8) is 0 Å². The van der Waals surface area contributed by atoms with Crippen LogP contribution in [0.5, 0.6) is 0 Å². The van der Waals surface area contributed by atoms with E-state index in [0.717, 1.165) is 12.8 Å². The molecule has 1 saturated carbocycles. The molecule has 0 aromatic rings. The maximum Gasteiger partial charge on any atom is 0.240 e. The Morgan fingerprint density at radius 1 is 1.21 bits per heavy atom. The lowest BCUT2D eigenvalue weighted by Gasteiger charge is -2.19. The zero-order valence-electron chi connectivity index (χ0n) is 12.7. The summed E-state index contributed by atoms with van der Waals surface area (Å²) >= 11 is 0. The summed E-state index contributed by atoms with van der Waals surface area (Å²) < 4.78 is 0. The smallest absolute Gasteiger partial charge is 0.240 e. The Hall–Kier alpha value is -0.860. The maximum absolute atomic E-state index is 11.7. The zero-order valence-corrected chi connectivity index (χ0v) is 12.7. The van der Waals surface area contributed by atoms with Crippen molar-refractivity contribution in [1.82, 2.24) is 5.43 Å². The Kier molecular flexibility index (Phi) is 8.52. The second-order valence-electron chi connectivity index (χ2n) is 5.80. The molecule has 0 spiro atoms. The Bertz CT molecular complexity index is 286. The molecule has 0 aromatic heterocycles. The van der Waals surface area contributed by atoms with Crippen molar-refractivity contribution >= 4 is 11.6 Å². The number of nitrogens with zero attached hydrogens (tertiary/aromatic N) is 1. The summed E-state index contributed by atoms with van der Waals surface area (Å²) in [6, 6.07) is 0. The lowest BCUT2D eigenvalue weighted by atomic mass is 9.89. The molecule has 0 aromatic carbocycles. The summed E-state index contributed by atoms with van der Waals surface area (Å²) in [5.74, 6) is 0.629.